The average Bonchev–Trinajstić information content (AvgIpc) is 2.42. The van der Waals surface area contributed by atoms with Gasteiger partial charge in [-0.25, -0.2) is 4.39 Å². The molecule has 2 N–H and O–H groups in total. The number of piperazine rings is 3. The molecular weight excluding hydrogens is 229 g/mol. The van der Waals surface area contributed by atoms with Crippen molar-refractivity contribution in [1.29, 1.82) is 0 Å². The van der Waals surface area contributed by atoms with Crippen molar-refractivity contribution in [3.63, 3.8) is 0 Å². The highest BCUT2D eigenvalue weighted by Gasteiger charge is 2.36. The molecule has 0 aliphatic carbocycles. The molecule has 3 nitrogen and oxygen atoms in total. The second-order valence-electron chi connectivity index (χ2n) is 5.43. The molecule has 0 aromatic heterocycles. The number of aryl methyl sites for hydroxylation is 1. The molecule has 2 unspecified atom stereocenters. The van der Waals surface area contributed by atoms with Crippen molar-refractivity contribution in [2.24, 2.45) is 5.73 Å². The van der Waals surface area contributed by atoms with Gasteiger partial charge in [0.2, 0.25) is 0 Å². The highest BCUT2D eigenvalue weighted by molar-refractivity contribution is 5.30. The summed E-state index contributed by atoms with van der Waals surface area (Å²) < 4.78 is 13.4. The van der Waals surface area contributed by atoms with Gasteiger partial charge in [-0.2, -0.15) is 0 Å². The van der Waals surface area contributed by atoms with Crippen LogP contribution in [0.4, 0.5) is 4.39 Å². The van der Waals surface area contributed by atoms with E-state index in [0.29, 0.717) is 6.04 Å². The number of nitrogens with zero attached hydrogens (tertiary/aromatic N) is 2. The van der Waals surface area contributed by atoms with Crippen LogP contribution in [0.3, 0.4) is 0 Å². The topological polar surface area (TPSA) is 32.5 Å². The molecule has 2 bridgehead atoms. The Hall–Kier alpha value is -0.970. The molecule has 3 aliphatic rings. The van der Waals surface area contributed by atoms with E-state index < -0.39 is 0 Å². The molecule has 1 aromatic rings. The predicted molar refractivity (Wildman–Crippen MR) is 69.9 cm³/mol. The monoisotopic (exact) mass is 249 g/mol. The van der Waals surface area contributed by atoms with Crippen LogP contribution in [0.15, 0.2) is 18.2 Å². The highest BCUT2D eigenvalue weighted by Crippen LogP contribution is 2.27. The Bertz CT molecular complexity index is 441. The van der Waals surface area contributed by atoms with Crippen LogP contribution in [0, 0.1) is 12.7 Å². The molecule has 0 spiro atoms. The lowest BCUT2D eigenvalue weighted by Crippen LogP contribution is -2.63. The quantitative estimate of drug-likeness (QED) is 0.853. The summed E-state index contributed by atoms with van der Waals surface area (Å²) in [4.78, 5) is 4.91. The molecule has 98 valence electrons. The summed E-state index contributed by atoms with van der Waals surface area (Å²) in [6.45, 7) is 7.48. The van der Waals surface area contributed by atoms with E-state index in [4.69, 9.17) is 5.73 Å². The van der Waals surface area contributed by atoms with Gasteiger partial charge in [-0.05, 0) is 30.2 Å². The fraction of sp³-hybridized carbons (Fsp3) is 0.571. The number of benzene rings is 1. The van der Waals surface area contributed by atoms with Gasteiger partial charge in [-0.1, -0.05) is 6.07 Å². The van der Waals surface area contributed by atoms with Crippen LogP contribution >= 0.6 is 0 Å². The van der Waals surface area contributed by atoms with Gasteiger partial charge < -0.3 is 5.73 Å². The van der Waals surface area contributed by atoms with E-state index in [0.717, 1.165) is 43.9 Å². The number of rotatable bonds is 2. The highest BCUT2D eigenvalue weighted by atomic mass is 19.1. The first-order valence-corrected chi connectivity index (χ1v) is 6.63. The minimum absolute atomic E-state index is 0.0937. The van der Waals surface area contributed by atoms with Crippen molar-refractivity contribution >= 4 is 0 Å². The first kappa shape index (κ1) is 12.1. The van der Waals surface area contributed by atoms with Crippen LogP contribution in [0.25, 0.3) is 0 Å². The summed E-state index contributed by atoms with van der Waals surface area (Å²) >= 11 is 0. The van der Waals surface area contributed by atoms with Crippen molar-refractivity contribution < 1.29 is 4.39 Å². The number of hydrogen-bond donors (Lipinski definition) is 1. The smallest absolute Gasteiger partial charge is 0.123 e. The van der Waals surface area contributed by atoms with E-state index >= 15 is 0 Å². The van der Waals surface area contributed by atoms with E-state index in [1.54, 1.807) is 6.07 Å². The van der Waals surface area contributed by atoms with Crippen molar-refractivity contribution in [2.45, 2.75) is 19.0 Å². The van der Waals surface area contributed by atoms with E-state index in [1.807, 2.05) is 13.0 Å². The summed E-state index contributed by atoms with van der Waals surface area (Å²) in [5.41, 5.74) is 8.43. The van der Waals surface area contributed by atoms with Gasteiger partial charge in [0, 0.05) is 44.8 Å². The molecule has 3 aliphatic heterocycles. The first-order chi connectivity index (χ1) is 8.65. The van der Waals surface area contributed by atoms with Crippen LogP contribution < -0.4 is 5.73 Å². The van der Waals surface area contributed by atoms with Crippen molar-refractivity contribution in [3.05, 3.63) is 35.1 Å². The zero-order valence-corrected chi connectivity index (χ0v) is 10.8. The Morgan fingerprint density at radius 2 is 2.00 bits per heavy atom. The second kappa shape index (κ2) is 4.61. The maximum absolute atomic E-state index is 13.4. The van der Waals surface area contributed by atoms with Crippen LogP contribution in [0.2, 0.25) is 0 Å². The standard InChI is InChI=1S/C14H20FN3/c1-10-2-3-11(15)8-12(10)14(16)13-9-17-4-6-18(13)7-5-17/h2-3,8,13-14H,4-7,9,16H2,1H3. The Balaban J connectivity index is 1.85. The molecule has 3 fully saturated rings. The van der Waals surface area contributed by atoms with Gasteiger partial charge in [-0.3, -0.25) is 9.80 Å². The third-order valence-electron chi connectivity index (χ3n) is 4.34. The van der Waals surface area contributed by atoms with Crippen molar-refractivity contribution in [3.8, 4) is 0 Å². The summed E-state index contributed by atoms with van der Waals surface area (Å²) in [6, 6.07) is 5.15. The molecule has 3 heterocycles. The molecule has 18 heavy (non-hydrogen) atoms. The Morgan fingerprint density at radius 1 is 1.28 bits per heavy atom. The van der Waals surface area contributed by atoms with Crippen LogP contribution in [0.5, 0.6) is 0 Å². The van der Waals surface area contributed by atoms with Gasteiger partial charge in [-0.15, -0.1) is 0 Å². The second-order valence-corrected chi connectivity index (χ2v) is 5.43. The summed E-state index contributed by atoms with van der Waals surface area (Å²) in [5, 5.41) is 0. The predicted octanol–water partition coefficient (Wildman–Crippen LogP) is 1.13. The fourth-order valence-corrected chi connectivity index (χ4v) is 3.18. The minimum Gasteiger partial charge on any atom is -0.323 e. The summed E-state index contributed by atoms with van der Waals surface area (Å²) in [5.74, 6) is -0.192. The average molecular weight is 249 g/mol. The van der Waals surface area contributed by atoms with E-state index in [-0.39, 0.29) is 11.9 Å². The molecule has 3 saturated heterocycles. The SMILES string of the molecule is Cc1ccc(F)cc1C(N)C1CN2CCN1CC2. The number of halogens is 1. The van der Waals surface area contributed by atoms with Crippen LogP contribution in [-0.2, 0) is 0 Å². The minimum atomic E-state index is -0.192. The zero-order chi connectivity index (χ0) is 12.7. The lowest BCUT2D eigenvalue weighted by atomic mass is 9.92. The number of fused-ring (bicyclic) bond motifs is 3. The number of nitrogens with two attached hydrogens (primary N) is 1. The Labute approximate surface area is 107 Å². The Kier molecular flexibility index (Phi) is 3.09. The van der Waals surface area contributed by atoms with Gasteiger partial charge in [0.25, 0.3) is 0 Å². The molecule has 4 rings (SSSR count). The molecule has 0 saturated carbocycles. The number of hydrogen-bond acceptors (Lipinski definition) is 3. The molecular formula is C14H20FN3. The largest absolute Gasteiger partial charge is 0.323 e. The van der Waals surface area contributed by atoms with Crippen molar-refractivity contribution in [1.82, 2.24) is 9.80 Å². The molecule has 0 amide bonds. The maximum atomic E-state index is 13.4. The Morgan fingerprint density at radius 3 is 2.61 bits per heavy atom. The third-order valence-corrected chi connectivity index (χ3v) is 4.34. The third kappa shape index (κ3) is 2.05. The first-order valence-electron chi connectivity index (χ1n) is 6.63. The molecule has 1 aromatic carbocycles. The van der Waals surface area contributed by atoms with Crippen LogP contribution in [0.1, 0.15) is 17.2 Å². The van der Waals surface area contributed by atoms with E-state index in [1.165, 1.54) is 6.07 Å². The van der Waals surface area contributed by atoms with Crippen LogP contribution in [-0.4, -0.2) is 48.6 Å². The lowest BCUT2D eigenvalue weighted by molar-refractivity contribution is 0.00203. The van der Waals surface area contributed by atoms with E-state index in [9.17, 15) is 4.39 Å². The lowest BCUT2D eigenvalue weighted by Gasteiger charge is -2.49. The molecule has 0 radical (unpaired) electrons. The van der Waals surface area contributed by atoms with Gasteiger partial charge in [0.05, 0.1) is 0 Å². The van der Waals surface area contributed by atoms with Crippen molar-refractivity contribution in [2.75, 3.05) is 32.7 Å². The zero-order valence-electron chi connectivity index (χ0n) is 10.8. The maximum Gasteiger partial charge on any atom is 0.123 e. The summed E-state index contributed by atoms with van der Waals surface area (Å²) in [7, 11) is 0. The molecule has 2 atom stereocenters. The van der Waals surface area contributed by atoms with Gasteiger partial charge >= 0.3 is 0 Å². The van der Waals surface area contributed by atoms with E-state index in [2.05, 4.69) is 9.80 Å². The fourth-order valence-electron chi connectivity index (χ4n) is 3.18. The van der Waals surface area contributed by atoms with Gasteiger partial charge in [0.15, 0.2) is 0 Å². The van der Waals surface area contributed by atoms with Gasteiger partial charge in [0.1, 0.15) is 5.82 Å². The normalized spacial score (nSPS) is 32.5. The molecule has 4 heteroatoms. The summed E-state index contributed by atoms with van der Waals surface area (Å²) in [6.07, 6.45) is 0.